The molecule has 0 aliphatic carbocycles. The van der Waals surface area contributed by atoms with Crippen LogP contribution in [0, 0.1) is 0 Å². The van der Waals surface area contributed by atoms with Gasteiger partial charge in [0.1, 0.15) is 5.75 Å². The summed E-state index contributed by atoms with van der Waals surface area (Å²) < 4.78 is 6.72. The molecule has 0 aliphatic heterocycles. The Hall–Kier alpha value is -3.29. The van der Waals surface area contributed by atoms with E-state index in [4.69, 9.17) is 16.3 Å². The lowest BCUT2D eigenvalue weighted by Crippen LogP contribution is -2.24. The van der Waals surface area contributed by atoms with Crippen LogP contribution in [0.3, 0.4) is 0 Å². The summed E-state index contributed by atoms with van der Waals surface area (Å²) in [7, 11) is 1.59. The summed E-state index contributed by atoms with van der Waals surface area (Å²) in [6.07, 6.45) is 0. The molecule has 1 amide bonds. The second-order valence-corrected chi connectivity index (χ2v) is 8.37. The van der Waals surface area contributed by atoms with Crippen LogP contribution in [0.5, 0.6) is 5.75 Å². The zero-order valence-corrected chi connectivity index (χ0v) is 18.8. The second kappa shape index (κ2) is 9.89. The highest BCUT2D eigenvalue weighted by molar-refractivity contribution is 7.99. The van der Waals surface area contributed by atoms with Crippen molar-refractivity contribution >= 4 is 45.9 Å². The monoisotopic (exact) mass is 465 g/mol. The number of benzene rings is 3. The SMILES string of the molecule is COc1ccc(NC(=O)CSc2nc3ccccc3c(=O)n2Cc2ccc(Cl)cc2)cc1. The maximum absolute atomic E-state index is 13.2. The van der Waals surface area contributed by atoms with E-state index in [2.05, 4.69) is 10.3 Å². The van der Waals surface area contributed by atoms with Crippen molar-refractivity contribution < 1.29 is 9.53 Å². The molecule has 0 bridgehead atoms. The number of ether oxygens (including phenoxy) is 1. The van der Waals surface area contributed by atoms with Gasteiger partial charge in [-0.2, -0.15) is 0 Å². The summed E-state index contributed by atoms with van der Waals surface area (Å²) >= 11 is 7.21. The van der Waals surface area contributed by atoms with E-state index in [1.165, 1.54) is 11.8 Å². The fourth-order valence-corrected chi connectivity index (χ4v) is 4.10. The van der Waals surface area contributed by atoms with Gasteiger partial charge in [-0.3, -0.25) is 14.2 Å². The summed E-state index contributed by atoms with van der Waals surface area (Å²) in [5.41, 5.74) is 2.03. The minimum atomic E-state index is -0.194. The zero-order valence-electron chi connectivity index (χ0n) is 17.2. The van der Waals surface area contributed by atoms with Crippen molar-refractivity contribution in [2.45, 2.75) is 11.7 Å². The minimum Gasteiger partial charge on any atom is -0.497 e. The number of para-hydroxylation sites is 1. The van der Waals surface area contributed by atoms with E-state index in [0.717, 1.165) is 5.56 Å². The van der Waals surface area contributed by atoms with Gasteiger partial charge >= 0.3 is 0 Å². The molecular formula is C24H20ClN3O3S. The molecule has 0 saturated carbocycles. The first kappa shape index (κ1) is 21.9. The molecule has 4 rings (SSSR count). The van der Waals surface area contributed by atoms with Crippen molar-refractivity contribution in [2.24, 2.45) is 0 Å². The molecule has 1 aromatic heterocycles. The average Bonchev–Trinajstić information content (AvgIpc) is 2.81. The van der Waals surface area contributed by atoms with Crippen LogP contribution in [0.25, 0.3) is 10.9 Å². The maximum atomic E-state index is 13.2. The van der Waals surface area contributed by atoms with Crippen molar-refractivity contribution in [3.05, 3.63) is 93.7 Å². The molecule has 0 fully saturated rings. The first-order valence-corrected chi connectivity index (χ1v) is 11.2. The van der Waals surface area contributed by atoms with Gasteiger partial charge in [0.15, 0.2) is 5.16 Å². The fourth-order valence-electron chi connectivity index (χ4n) is 3.17. The smallest absolute Gasteiger partial charge is 0.262 e. The van der Waals surface area contributed by atoms with E-state index < -0.39 is 0 Å². The molecule has 32 heavy (non-hydrogen) atoms. The Bertz CT molecular complexity index is 1310. The topological polar surface area (TPSA) is 73.2 Å². The van der Waals surface area contributed by atoms with E-state index in [1.807, 2.05) is 24.3 Å². The van der Waals surface area contributed by atoms with Crippen molar-refractivity contribution in [3.63, 3.8) is 0 Å². The molecule has 8 heteroatoms. The van der Waals surface area contributed by atoms with E-state index in [1.54, 1.807) is 60.2 Å². The normalized spacial score (nSPS) is 10.8. The number of nitrogens with zero attached hydrogens (tertiary/aromatic N) is 2. The number of halogens is 1. The Morgan fingerprint density at radius 1 is 1.06 bits per heavy atom. The highest BCUT2D eigenvalue weighted by Gasteiger charge is 2.14. The van der Waals surface area contributed by atoms with Gasteiger partial charge in [-0.15, -0.1) is 0 Å². The average molecular weight is 466 g/mol. The molecule has 0 radical (unpaired) electrons. The summed E-state index contributed by atoms with van der Waals surface area (Å²) in [6.45, 7) is 0.330. The van der Waals surface area contributed by atoms with E-state index in [0.29, 0.717) is 39.1 Å². The standard InChI is InChI=1S/C24H20ClN3O3S/c1-31-19-12-10-18(11-13-19)26-22(29)15-32-24-27-21-5-3-2-4-20(21)23(30)28(24)14-16-6-8-17(25)9-7-16/h2-13H,14-15H2,1H3,(H,26,29). The molecule has 0 atom stereocenters. The zero-order chi connectivity index (χ0) is 22.5. The van der Waals surface area contributed by atoms with Gasteiger partial charge in [0.25, 0.3) is 5.56 Å². The van der Waals surface area contributed by atoms with Crippen molar-refractivity contribution in [1.29, 1.82) is 0 Å². The largest absolute Gasteiger partial charge is 0.497 e. The number of amides is 1. The number of nitrogens with one attached hydrogen (secondary N) is 1. The first-order chi connectivity index (χ1) is 15.5. The quantitative estimate of drug-likeness (QED) is 0.312. The summed E-state index contributed by atoms with van der Waals surface area (Å²) in [4.78, 5) is 30.3. The lowest BCUT2D eigenvalue weighted by Gasteiger charge is -2.13. The number of thioether (sulfide) groups is 1. The van der Waals surface area contributed by atoms with Crippen molar-refractivity contribution in [1.82, 2.24) is 9.55 Å². The number of anilines is 1. The molecule has 0 aliphatic rings. The van der Waals surface area contributed by atoms with Crippen LogP contribution in [-0.2, 0) is 11.3 Å². The molecule has 1 N–H and O–H groups in total. The van der Waals surface area contributed by atoms with E-state index in [9.17, 15) is 9.59 Å². The fraction of sp³-hybridized carbons (Fsp3) is 0.125. The number of carbonyl (C=O) groups excluding carboxylic acids is 1. The Balaban J connectivity index is 1.57. The van der Waals surface area contributed by atoms with Gasteiger partial charge in [-0.25, -0.2) is 4.98 Å². The van der Waals surface area contributed by atoms with Gasteiger partial charge < -0.3 is 10.1 Å². The van der Waals surface area contributed by atoms with Crippen LogP contribution in [-0.4, -0.2) is 28.3 Å². The highest BCUT2D eigenvalue weighted by Crippen LogP contribution is 2.21. The third kappa shape index (κ3) is 5.12. The minimum absolute atomic E-state index is 0.109. The molecule has 0 unspecified atom stereocenters. The molecule has 4 aromatic rings. The number of carbonyl (C=O) groups is 1. The van der Waals surface area contributed by atoms with Crippen molar-refractivity contribution in [3.8, 4) is 5.75 Å². The van der Waals surface area contributed by atoms with Crippen LogP contribution in [0.2, 0.25) is 5.02 Å². The van der Waals surface area contributed by atoms with Crippen LogP contribution < -0.4 is 15.6 Å². The predicted octanol–water partition coefficient (Wildman–Crippen LogP) is 4.84. The third-order valence-electron chi connectivity index (χ3n) is 4.79. The molecule has 1 heterocycles. The lowest BCUT2D eigenvalue weighted by molar-refractivity contribution is -0.113. The third-order valence-corrected chi connectivity index (χ3v) is 6.02. The number of hydrogen-bond acceptors (Lipinski definition) is 5. The summed E-state index contributed by atoms with van der Waals surface area (Å²) in [6, 6.07) is 21.6. The van der Waals surface area contributed by atoms with Crippen molar-refractivity contribution in [2.75, 3.05) is 18.2 Å². The van der Waals surface area contributed by atoms with Crippen LogP contribution in [0.15, 0.2) is 82.7 Å². The van der Waals surface area contributed by atoms with E-state index in [-0.39, 0.29) is 17.2 Å². The molecule has 0 saturated heterocycles. The summed E-state index contributed by atoms with van der Waals surface area (Å²) in [5.74, 6) is 0.627. The molecule has 6 nitrogen and oxygen atoms in total. The van der Waals surface area contributed by atoms with Gasteiger partial charge in [-0.05, 0) is 54.1 Å². The lowest BCUT2D eigenvalue weighted by atomic mass is 10.2. The van der Waals surface area contributed by atoms with Gasteiger partial charge in [0, 0.05) is 10.7 Å². The first-order valence-electron chi connectivity index (χ1n) is 9.84. The Labute approximate surface area is 194 Å². The Kier molecular flexibility index (Phi) is 6.78. The Morgan fingerprint density at radius 3 is 2.50 bits per heavy atom. The summed E-state index contributed by atoms with van der Waals surface area (Å²) in [5, 5.41) is 4.49. The molecule has 0 spiro atoms. The van der Waals surface area contributed by atoms with Gasteiger partial charge in [0.05, 0.1) is 30.3 Å². The number of hydrogen-bond donors (Lipinski definition) is 1. The molecular weight excluding hydrogens is 446 g/mol. The van der Waals surface area contributed by atoms with E-state index >= 15 is 0 Å². The molecule has 162 valence electrons. The highest BCUT2D eigenvalue weighted by atomic mass is 35.5. The number of rotatable bonds is 7. The van der Waals surface area contributed by atoms with Crippen LogP contribution in [0.4, 0.5) is 5.69 Å². The van der Waals surface area contributed by atoms with Crippen LogP contribution in [0.1, 0.15) is 5.56 Å². The Morgan fingerprint density at radius 2 is 1.78 bits per heavy atom. The second-order valence-electron chi connectivity index (χ2n) is 6.99. The van der Waals surface area contributed by atoms with Gasteiger partial charge in [-0.1, -0.05) is 47.6 Å². The van der Waals surface area contributed by atoms with Crippen LogP contribution >= 0.6 is 23.4 Å². The number of methoxy groups -OCH3 is 1. The van der Waals surface area contributed by atoms with Gasteiger partial charge in [0.2, 0.25) is 5.91 Å². The predicted molar refractivity (Wildman–Crippen MR) is 129 cm³/mol. The number of aromatic nitrogens is 2. The molecule has 3 aromatic carbocycles. The maximum Gasteiger partial charge on any atom is 0.262 e. The number of fused-ring (bicyclic) bond motifs is 1.